The molecule has 0 aliphatic carbocycles. The minimum absolute atomic E-state index is 0.219. The van der Waals surface area contributed by atoms with Crippen molar-refractivity contribution in [1.29, 1.82) is 5.26 Å². The van der Waals surface area contributed by atoms with Crippen molar-refractivity contribution in [3.05, 3.63) is 65.9 Å². The number of anilines is 2. The maximum atomic E-state index is 13.8. The highest BCUT2D eigenvalue weighted by molar-refractivity contribution is 5.95. The van der Waals surface area contributed by atoms with Gasteiger partial charge in [-0.15, -0.1) is 0 Å². The molecule has 3 nitrogen and oxygen atoms in total. The predicted molar refractivity (Wildman–Crippen MR) is 76.1 cm³/mol. The molecule has 3 aromatic rings. The monoisotopic (exact) mass is 281 g/mol. The molecule has 0 bridgehead atoms. The van der Waals surface area contributed by atoms with E-state index < -0.39 is 11.6 Å². The molecular weight excluding hydrogens is 272 g/mol. The standard InChI is InChI=1S/C16H9F2N3/c17-12-5-3-6-13(18)16(12)21-15-10(8-19)9-20-14-7-2-1-4-11(14)15/h1-7,9H,(H,20,21). The molecule has 0 aliphatic heterocycles. The number of fused-ring (bicyclic) bond motifs is 1. The van der Waals surface area contributed by atoms with Gasteiger partial charge in [-0.1, -0.05) is 24.3 Å². The van der Waals surface area contributed by atoms with E-state index in [2.05, 4.69) is 10.3 Å². The average Bonchev–Trinajstić information content (AvgIpc) is 2.51. The first kappa shape index (κ1) is 13.0. The van der Waals surface area contributed by atoms with Gasteiger partial charge >= 0.3 is 0 Å². The molecule has 0 spiro atoms. The molecule has 0 saturated carbocycles. The fourth-order valence-corrected chi connectivity index (χ4v) is 2.10. The minimum Gasteiger partial charge on any atom is -0.349 e. The van der Waals surface area contributed by atoms with E-state index in [1.807, 2.05) is 6.07 Å². The summed E-state index contributed by atoms with van der Waals surface area (Å²) in [5.41, 5.74) is 0.907. The molecule has 1 heterocycles. The van der Waals surface area contributed by atoms with Gasteiger partial charge in [0.2, 0.25) is 0 Å². The Morgan fingerprint density at radius 3 is 2.38 bits per heavy atom. The largest absolute Gasteiger partial charge is 0.349 e. The van der Waals surface area contributed by atoms with Crippen molar-refractivity contribution in [2.75, 3.05) is 5.32 Å². The summed E-state index contributed by atoms with van der Waals surface area (Å²) in [7, 11) is 0. The third-order valence-corrected chi connectivity index (χ3v) is 3.11. The fraction of sp³-hybridized carbons (Fsp3) is 0. The van der Waals surface area contributed by atoms with E-state index in [-0.39, 0.29) is 11.3 Å². The summed E-state index contributed by atoms with van der Waals surface area (Å²) >= 11 is 0. The Hall–Kier alpha value is -3.00. The summed E-state index contributed by atoms with van der Waals surface area (Å²) in [6.07, 6.45) is 1.38. The topological polar surface area (TPSA) is 48.7 Å². The summed E-state index contributed by atoms with van der Waals surface area (Å²) < 4.78 is 27.5. The van der Waals surface area contributed by atoms with Crippen LogP contribution in [0.1, 0.15) is 5.56 Å². The van der Waals surface area contributed by atoms with Gasteiger partial charge in [0.25, 0.3) is 0 Å². The Morgan fingerprint density at radius 2 is 1.67 bits per heavy atom. The zero-order valence-electron chi connectivity index (χ0n) is 10.8. The lowest BCUT2D eigenvalue weighted by molar-refractivity contribution is 0.591. The van der Waals surface area contributed by atoms with Crippen LogP contribution in [0.3, 0.4) is 0 Å². The molecule has 102 valence electrons. The number of pyridine rings is 1. The number of benzene rings is 2. The van der Waals surface area contributed by atoms with Crippen LogP contribution >= 0.6 is 0 Å². The van der Waals surface area contributed by atoms with Crippen LogP contribution in [0, 0.1) is 23.0 Å². The van der Waals surface area contributed by atoms with Crippen molar-refractivity contribution in [3.63, 3.8) is 0 Å². The Morgan fingerprint density at radius 1 is 0.952 bits per heavy atom. The van der Waals surface area contributed by atoms with Crippen molar-refractivity contribution < 1.29 is 8.78 Å². The highest BCUT2D eigenvalue weighted by atomic mass is 19.1. The lowest BCUT2D eigenvalue weighted by atomic mass is 10.1. The molecule has 1 aromatic heterocycles. The van der Waals surface area contributed by atoms with Crippen LogP contribution in [0.5, 0.6) is 0 Å². The molecule has 1 N–H and O–H groups in total. The van der Waals surface area contributed by atoms with Crippen LogP contribution in [-0.4, -0.2) is 4.98 Å². The molecule has 0 fully saturated rings. The highest BCUT2D eigenvalue weighted by Gasteiger charge is 2.13. The number of nitrogens with one attached hydrogen (secondary N) is 1. The summed E-state index contributed by atoms with van der Waals surface area (Å²) in [6, 6.07) is 12.6. The van der Waals surface area contributed by atoms with Gasteiger partial charge < -0.3 is 5.32 Å². The second-order valence-electron chi connectivity index (χ2n) is 4.40. The number of nitriles is 1. The van der Waals surface area contributed by atoms with Crippen LogP contribution in [0.15, 0.2) is 48.7 Å². The van der Waals surface area contributed by atoms with Crippen molar-refractivity contribution in [2.24, 2.45) is 0 Å². The minimum atomic E-state index is -0.722. The first-order chi connectivity index (χ1) is 10.2. The Labute approximate surface area is 119 Å². The second kappa shape index (κ2) is 5.17. The first-order valence-electron chi connectivity index (χ1n) is 6.19. The molecule has 0 radical (unpaired) electrons. The van der Waals surface area contributed by atoms with Crippen molar-refractivity contribution in [1.82, 2.24) is 4.98 Å². The Bertz CT molecular complexity index is 849. The summed E-state index contributed by atoms with van der Waals surface area (Å²) in [4.78, 5) is 4.15. The van der Waals surface area contributed by atoms with E-state index in [9.17, 15) is 14.0 Å². The SMILES string of the molecule is N#Cc1cnc2ccccc2c1Nc1c(F)cccc1F. The average molecular weight is 281 g/mol. The van der Waals surface area contributed by atoms with Crippen molar-refractivity contribution >= 4 is 22.3 Å². The molecule has 0 saturated heterocycles. The normalized spacial score (nSPS) is 10.3. The molecule has 3 rings (SSSR count). The number of hydrogen-bond acceptors (Lipinski definition) is 3. The smallest absolute Gasteiger partial charge is 0.149 e. The zero-order valence-corrected chi connectivity index (χ0v) is 10.8. The van der Waals surface area contributed by atoms with Gasteiger partial charge in [0, 0.05) is 11.6 Å². The molecule has 2 aromatic carbocycles. The lowest BCUT2D eigenvalue weighted by Gasteiger charge is -2.12. The van der Waals surface area contributed by atoms with Gasteiger partial charge in [0.1, 0.15) is 23.4 Å². The predicted octanol–water partition coefficient (Wildman–Crippen LogP) is 4.13. The number of aromatic nitrogens is 1. The van der Waals surface area contributed by atoms with E-state index in [4.69, 9.17) is 0 Å². The summed E-state index contributed by atoms with van der Waals surface area (Å²) in [5, 5.41) is 12.5. The van der Waals surface area contributed by atoms with Crippen LogP contribution in [0.25, 0.3) is 10.9 Å². The quantitative estimate of drug-likeness (QED) is 0.768. The van der Waals surface area contributed by atoms with Crippen LogP contribution in [-0.2, 0) is 0 Å². The van der Waals surface area contributed by atoms with Gasteiger partial charge in [-0.2, -0.15) is 5.26 Å². The highest BCUT2D eigenvalue weighted by Crippen LogP contribution is 2.30. The summed E-state index contributed by atoms with van der Waals surface area (Å²) in [6.45, 7) is 0. The van der Waals surface area contributed by atoms with E-state index in [1.54, 1.807) is 24.3 Å². The number of halogens is 2. The molecule has 0 amide bonds. The lowest BCUT2D eigenvalue weighted by Crippen LogP contribution is -2.01. The third kappa shape index (κ3) is 2.28. The number of para-hydroxylation sites is 2. The molecule has 0 atom stereocenters. The van der Waals surface area contributed by atoms with E-state index >= 15 is 0 Å². The van der Waals surface area contributed by atoms with Crippen LogP contribution < -0.4 is 5.32 Å². The number of hydrogen-bond donors (Lipinski definition) is 1. The maximum absolute atomic E-state index is 13.8. The molecule has 21 heavy (non-hydrogen) atoms. The molecule has 0 aliphatic rings. The molecular formula is C16H9F2N3. The van der Waals surface area contributed by atoms with E-state index in [0.717, 1.165) is 12.1 Å². The molecule has 0 unspecified atom stereocenters. The van der Waals surface area contributed by atoms with Crippen LogP contribution in [0.4, 0.5) is 20.2 Å². The van der Waals surface area contributed by atoms with E-state index in [1.165, 1.54) is 12.3 Å². The van der Waals surface area contributed by atoms with Crippen molar-refractivity contribution in [3.8, 4) is 6.07 Å². The Balaban J connectivity index is 2.22. The van der Waals surface area contributed by atoms with Crippen LogP contribution in [0.2, 0.25) is 0 Å². The number of nitrogens with zero attached hydrogens (tertiary/aromatic N) is 2. The van der Waals surface area contributed by atoms with Gasteiger partial charge in [-0.05, 0) is 18.2 Å². The van der Waals surface area contributed by atoms with E-state index in [0.29, 0.717) is 16.6 Å². The van der Waals surface area contributed by atoms with Gasteiger partial charge in [-0.25, -0.2) is 8.78 Å². The van der Waals surface area contributed by atoms with Gasteiger partial charge in [0.05, 0.1) is 16.8 Å². The first-order valence-corrected chi connectivity index (χ1v) is 6.19. The second-order valence-corrected chi connectivity index (χ2v) is 4.40. The van der Waals surface area contributed by atoms with Gasteiger partial charge in [0.15, 0.2) is 0 Å². The van der Waals surface area contributed by atoms with Gasteiger partial charge in [-0.3, -0.25) is 4.98 Å². The Kier molecular flexibility index (Phi) is 3.20. The fourth-order valence-electron chi connectivity index (χ4n) is 2.10. The number of rotatable bonds is 2. The van der Waals surface area contributed by atoms with Crippen molar-refractivity contribution in [2.45, 2.75) is 0 Å². The maximum Gasteiger partial charge on any atom is 0.149 e. The summed E-state index contributed by atoms with van der Waals surface area (Å²) in [5.74, 6) is -1.44. The third-order valence-electron chi connectivity index (χ3n) is 3.11. The molecule has 5 heteroatoms. The zero-order chi connectivity index (χ0) is 14.8.